The highest BCUT2D eigenvalue weighted by Crippen LogP contribution is 2.30. The van der Waals surface area contributed by atoms with E-state index < -0.39 is 0 Å². The minimum absolute atomic E-state index is 0.0122. The van der Waals surface area contributed by atoms with Gasteiger partial charge in [-0.15, -0.1) is 0 Å². The number of nitrogens with two attached hydrogens (primary N) is 1. The highest BCUT2D eigenvalue weighted by Gasteiger charge is 2.27. The normalized spacial score (nSPS) is 15.7. The van der Waals surface area contributed by atoms with Crippen LogP contribution in [0.15, 0.2) is 66.0 Å². The van der Waals surface area contributed by atoms with Gasteiger partial charge in [0.25, 0.3) is 0 Å². The van der Waals surface area contributed by atoms with Gasteiger partial charge in [-0.1, -0.05) is 0 Å². The lowest BCUT2D eigenvalue weighted by Crippen LogP contribution is -2.38. The van der Waals surface area contributed by atoms with Crippen LogP contribution in [-0.4, -0.2) is 54.1 Å². The average Bonchev–Trinajstić information content (AvgIpc) is 3.26. The van der Waals surface area contributed by atoms with E-state index in [0.29, 0.717) is 40.7 Å². The van der Waals surface area contributed by atoms with Crippen molar-refractivity contribution in [2.45, 2.75) is 39.3 Å². The quantitative estimate of drug-likeness (QED) is 0.316. The summed E-state index contributed by atoms with van der Waals surface area (Å²) < 4.78 is 15.5. The summed E-state index contributed by atoms with van der Waals surface area (Å²) in [5.41, 5.74) is 9.70. The van der Waals surface area contributed by atoms with E-state index >= 15 is 0 Å². The molecule has 2 aromatic carbocycles. The van der Waals surface area contributed by atoms with Crippen LogP contribution in [-0.2, 0) is 6.61 Å². The van der Waals surface area contributed by atoms with E-state index in [1.165, 1.54) is 6.33 Å². The number of fused-ring (bicyclic) bond motifs is 1. The van der Waals surface area contributed by atoms with Crippen molar-refractivity contribution in [3.8, 4) is 22.9 Å². The number of rotatable bonds is 7. The number of aromatic nitrogens is 6. The highest BCUT2D eigenvalue weighted by molar-refractivity contribution is 5.84. The Morgan fingerprint density at radius 1 is 0.976 bits per heavy atom. The molecule has 0 bridgehead atoms. The van der Waals surface area contributed by atoms with E-state index in [1.807, 2.05) is 56.3 Å². The van der Waals surface area contributed by atoms with Crippen LogP contribution >= 0.6 is 0 Å². The number of anilines is 1. The number of piperidine rings is 1. The van der Waals surface area contributed by atoms with Crippen LogP contribution in [0.5, 0.6) is 17.2 Å². The maximum absolute atomic E-state index is 13.8. The predicted octanol–water partition coefficient (Wildman–Crippen LogP) is 4.21. The Morgan fingerprint density at radius 2 is 1.73 bits per heavy atom. The van der Waals surface area contributed by atoms with Crippen molar-refractivity contribution in [1.29, 1.82) is 0 Å². The number of aryl methyl sites for hydroxylation is 2. The highest BCUT2D eigenvalue weighted by atomic mass is 16.5. The number of likely N-dealkylation sites (tertiary alicyclic amines) is 1. The van der Waals surface area contributed by atoms with Crippen LogP contribution < -0.4 is 20.9 Å². The van der Waals surface area contributed by atoms with Crippen molar-refractivity contribution >= 4 is 17.0 Å². The molecule has 0 spiro atoms. The summed E-state index contributed by atoms with van der Waals surface area (Å²) in [6.07, 6.45) is 6.84. The van der Waals surface area contributed by atoms with E-state index in [4.69, 9.17) is 15.2 Å². The Balaban J connectivity index is 1.26. The van der Waals surface area contributed by atoms with Gasteiger partial charge in [-0.3, -0.25) is 9.13 Å². The first-order chi connectivity index (χ1) is 19.9. The van der Waals surface area contributed by atoms with Crippen LogP contribution in [0.25, 0.3) is 16.9 Å². The van der Waals surface area contributed by atoms with Gasteiger partial charge in [-0.2, -0.15) is 0 Å². The third-order valence-corrected chi connectivity index (χ3v) is 7.24. The van der Waals surface area contributed by atoms with Crippen molar-refractivity contribution in [2.24, 2.45) is 0 Å². The third kappa shape index (κ3) is 5.48. The van der Waals surface area contributed by atoms with E-state index in [-0.39, 0.29) is 17.5 Å². The largest absolute Gasteiger partial charge is 0.489 e. The standard InChI is InChI=1S/C30H32N8O3/c1-19-11-25(40-17-21-14-32-20(2)33-15-21)13-26(12-19)41-24-8-6-22(7-9-24)37-27-28(31)34-18-35-29(27)38(30(37)39)23-5-4-10-36(3)16-23/h6-9,11-15,18,23H,4-5,10,16-17H2,1-3H3,(H2,31,34,35)/t23-/m1/s1. The molecule has 0 saturated carbocycles. The summed E-state index contributed by atoms with van der Waals surface area (Å²) in [7, 11) is 2.07. The van der Waals surface area contributed by atoms with Gasteiger partial charge < -0.3 is 20.1 Å². The molecule has 6 rings (SSSR count). The monoisotopic (exact) mass is 552 g/mol. The molecule has 11 nitrogen and oxygen atoms in total. The molecule has 0 unspecified atom stereocenters. The number of hydrogen-bond donors (Lipinski definition) is 1. The summed E-state index contributed by atoms with van der Waals surface area (Å²) in [5.74, 6) is 2.92. The minimum Gasteiger partial charge on any atom is -0.489 e. The van der Waals surface area contributed by atoms with Crippen LogP contribution in [0.4, 0.5) is 5.82 Å². The lowest BCUT2D eigenvalue weighted by Gasteiger charge is -2.30. The first-order valence-electron chi connectivity index (χ1n) is 13.6. The molecule has 4 heterocycles. The molecule has 1 aliphatic heterocycles. The van der Waals surface area contributed by atoms with E-state index in [1.54, 1.807) is 21.5 Å². The Hall–Kier alpha value is -4.77. The maximum atomic E-state index is 13.8. The van der Waals surface area contributed by atoms with Gasteiger partial charge in [0.1, 0.15) is 41.5 Å². The summed E-state index contributed by atoms with van der Waals surface area (Å²) >= 11 is 0. The molecule has 0 aliphatic carbocycles. The fraction of sp³-hybridized carbons (Fsp3) is 0.300. The first-order valence-corrected chi connectivity index (χ1v) is 13.6. The topological polar surface area (TPSA) is 126 Å². The number of likely N-dealkylation sites (N-methyl/N-ethyl adjacent to an activating group) is 1. The lowest BCUT2D eigenvalue weighted by atomic mass is 10.1. The Labute approximate surface area is 237 Å². The zero-order chi connectivity index (χ0) is 28.5. The molecule has 2 N–H and O–H groups in total. The molecule has 5 aromatic rings. The summed E-state index contributed by atoms with van der Waals surface area (Å²) in [6.45, 7) is 5.97. The van der Waals surface area contributed by atoms with Crippen molar-refractivity contribution in [1.82, 2.24) is 34.0 Å². The second-order valence-corrected chi connectivity index (χ2v) is 10.5. The number of imidazole rings is 1. The smallest absolute Gasteiger partial charge is 0.335 e. The zero-order valence-corrected chi connectivity index (χ0v) is 23.3. The van der Waals surface area contributed by atoms with Crippen LogP contribution in [0.2, 0.25) is 0 Å². The molecule has 0 amide bonds. The van der Waals surface area contributed by atoms with E-state index in [9.17, 15) is 4.79 Å². The number of nitrogen functional groups attached to an aromatic ring is 1. The van der Waals surface area contributed by atoms with Crippen molar-refractivity contribution < 1.29 is 9.47 Å². The molecule has 1 saturated heterocycles. The number of benzene rings is 2. The van der Waals surface area contributed by atoms with E-state index in [0.717, 1.165) is 42.9 Å². The molecule has 3 aromatic heterocycles. The third-order valence-electron chi connectivity index (χ3n) is 7.24. The van der Waals surface area contributed by atoms with Crippen molar-refractivity contribution in [3.05, 3.63) is 88.6 Å². The Kier molecular flexibility index (Phi) is 7.10. The fourth-order valence-electron chi connectivity index (χ4n) is 5.30. The van der Waals surface area contributed by atoms with Gasteiger partial charge >= 0.3 is 5.69 Å². The van der Waals surface area contributed by atoms with Crippen LogP contribution in [0, 0.1) is 13.8 Å². The Bertz CT molecular complexity index is 1750. The number of nitrogens with zero attached hydrogens (tertiary/aromatic N) is 7. The first kappa shape index (κ1) is 26.5. The number of hydrogen-bond acceptors (Lipinski definition) is 9. The van der Waals surface area contributed by atoms with Gasteiger partial charge in [-0.05, 0) is 82.2 Å². The summed E-state index contributed by atoms with van der Waals surface area (Å²) in [4.78, 5) is 33.1. The second kappa shape index (κ2) is 11.0. The molecule has 1 aliphatic rings. The van der Waals surface area contributed by atoms with E-state index in [2.05, 4.69) is 31.9 Å². The maximum Gasteiger partial charge on any atom is 0.335 e. The van der Waals surface area contributed by atoms with Gasteiger partial charge in [0, 0.05) is 30.6 Å². The molecule has 41 heavy (non-hydrogen) atoms. The molecule has 11 heteroatoms. The second-order valence-electron chi connectivity index (χ2n) is 10.5. The minimum atomic E-state index is -0.180. The molecule has 210 valence electrons. The van der Waals surface area contributed by atoms with Gasteiger partial charge in [-0.25, -0.2) is 24.7 Å². The predicted molar refractivity (Wildman–Crippen MR) is 156 cm³/mol. The molecular formula is C30H32N8O3. The zero-order valence-electron chi connectivity index (χ0n) is 23.3. The molecule has 0 radical (unpaired) electrons. The molecule has 1 fully saturated rings. The van der Waals surface area contributed by atoms with Gasteiger partial charge in [0.05, 0.1) is 11.7 Å². The summed E-state index contributed by atoms with van der Waals surface area (Å²) in [5, 5.41) is 0. The van der Waals surface area contributed by atoms with Crippen LogP contribution in [0.1, 0.15) is 35.8 Å². The molecular weight excluding hydrogens is 520 g/mol. The van der Waals surface area contributed by atoms with Crippen LogP contribution in [0.3, 0.4) is 0 Å². The Morgan fingerprint density at radius 3 is 2.49 bits per heavy atom. The number of ether oxygens (including phenoxy) is 2. The fourth-order valence-corrected chi connectivity index (χ4v) is 5.30. The summed E-state index contributed by atoms with van der Waals surface area (Å²) in [6, 6.07) is 13.1. The van der Waals surface area contributed by atoms with Gasteiger partial charge in [0.2, 0.25) is 0 Å². The average molecular weight is 553 g/mol. The van der Waals surface area contributed by atoms with Crippen molar-refractivity contribution in [2.75, 3.05) is 25.9 Å². The molecule has 1 atom stereocenters. The SMILES string of the molecule is Cc1cc(OCc2cnc(C)nc2)cc(Oc2ccc(-n3c(=O)n([C@@H]4CCCN(C)C4)c4ncnc(N)c43)cc2)c1. The van der Waals surface area contributed by atoms with Crippen molar-refractivity contribution in [3.63, 3.8) is 0 Å². The lowest BCUT2D eigenvalue weighted by molar-refractivity contribution is 0.211. The van der Waals surface area contributed by atoms with Gasteiger partial charge in [0.15, 0.2) is 11.5 Å².